The predicted molar refractivity (Wildman–Crippen MR) is 140 cm³/mol. The molecule has 4 aromatic rings. The summed E-state index contributed by atoms with van der Waals surface area (Å²) in [5.41, 5.74) is 4.66. The highest BCUT2D eigenvalue weighted by Crippen LogP contribution is 2.28. The molecule has 1 fully saturated rings. The Morgan fingerprint density at radius 1 is 0.972 bits per heavy atom. The van der Waals surface area contributed by atoms with Gasteiger partial charge in [0, 0.05) is 17.8 Å². The van der Waals surface area contributed by atoms with E-state index in [-0.39, 0.29) is 5.41 Å². The standard InChI is InChI=1S/C29H34N6O/c1-29(2,19-23-10-14-27(15-11-23)36-21-26-6-3-4-16-31-26)18-22-8-12-24(13-9-22)28-32-34-35(33-28)20-25-7-5-17-30-25/h3-4,6,8-16,25,30H,5,7,17-21H2,1-2H3. The first-order chi connectivity index (χ1) is 17.5. The first-order valence-electron chi connectivity index (χ1n) is 12.7. The molecule has 36 heavy (non-hydrogen) atoms. The highest BCUT2D eigenvalue weighted by Gasteiger charge is 2.20. The lowest BCUT2D eigenvalue weighted by Crippen LogP contribution is -2.27. The second-order valence-electron chi connectivity index (χ2n) is 10.4. The van der Waals surface area contributed by atoms with Gasteiger partial charge in [0.05, 0.1) is 12.2 Å². The van der Waals surface area contributed by atoms with Crippen molar-refractivity contribution in [2.45, 2.75) is 58.7 Å². The average molecular weight is 483 g/mol. The Kier molecular flexibility index (Phi) is 7.37. The van der Waals surface area contributed by atoms with Gasteiger partial charge in [-0.1, -0.05) is 56.3 Å². The summed E-state index contributed by atoms with van der Waals surface area (Å²) >= 11 is 0. The van der Waals surface area contributed by atoms with E-state index >= 15 is 0 Å². The summed E-state index contributed by atoms with van der Waals surface area (Å²) in [6.07, 6.45) is 6.15. The van der Waals surface area contributed by atoms with Crippen LogP contribution < -0.4 is 10.1 Å². The first-order valence-corrected chi connectivity index (χ1v) is 12.7. The Bertz CT molecular complexity index is 1230. The van der Waals surface area contributed by atoms with E-state index in [1.807, 2.05) is 30.3 Å². The molecule has 1 aliphatic rings. The Morgan fingerprint density at radius 3 is 2.39 bits per heavy atom. The van der Waals surface area contributed by atoms with Gasteiger partial charge in [-0.05, 0) is 78.2 Å². The number of nitrogens with zero attached hydrogens (tertiary/aromatic N) is 5. The molecule has 1 aliphatic heterocycles. The second kappa shape index (κ2) is 11.0. The molecule has 0 radical (unpaired) electrons. The number of pyridine rings is 1. The lowest BCUT2D eigenvalue weighted by atomic mass is 9.80. The maximum atomic E-state index is 5.87. The molecule has 186 valence electrons. The molecule has 0 saturated carbocycles. The Labute approximate surface area is 212 Å². The van der Waals surface area contributed by atoms with Crippen LogP contribution in [0.3, 0.4) is 0 Å². The molecule has 0 amide bonds. The minimum atomic E-state index is 0.119. The summed E-state index contributed by atoms with van der Waals surface area (Å²) in [4.78, 5) is 6.02. The minimum Gasteiger partial charge on any atom is -0.487 e. The van der Waals surface area contributed by atoms with Crippen molar-refractivity contribution in [2.75, 3.05) is 6.54 Å². The topological polar surface area (TPSA) is 77.8 Å². The van der Waals surface area contributed by atoms with Crippen LogP contribution in [0.5, 0.6) is 5.75 Å². The van der Waals surface area contributed by atoms with E-state index in [1.54, 1.807) is 11.0 Å². The van der Waals surface area contributed by atoms with Gasteiger partial charge in [-0.2, -0.15) is 4.80 Å². The summed E-state index contributed by atoms with van der Waals surface area (Å²) in [6, 6.07) is 23.3. The van der Waals surface area contributed by atoms with Gasteiger partial charge in [-0.25, -0.2) is 0 Å². The fourth-order valence-corrected chi connectivity index (χ4v) is 4.83. The number of benzene rings is 2. The highest BCUT2D eigenvalue weighted by atomic mass is 16.5. The van der Waals surface area contributed by atoms with Crippen molar-refractivity contribution in [3.8, 4) is 17.1 Å². The SMILES string of the molecule is CC(C)(Cc1ccc(OCc2ccccn2)cc1)Cc1ccc(-c2nnn(CC3CCCN3)n2)cc1. The van der Waals surface area contributed by atoms with E-state index in [0.717, 1.165) is 42.9 Å². The van der Waals surface area contributed by atoms with Crippen LogP contribution in [0, 0.1) is 5.41 Å². The van der Waals surface area contributed by atoms with Gasteiger partial charge in [-0.15, -0.1) is 10.2 Å². The molecular formula is C29H34N6O. The number of tetrazole rings is 1. The molecular weight excluding hydrogens is 448 g/mol. The van der Waals surface area contributed by atoms with Crippen molar-refractivity contribution >= 4 is 0 Å². The van der Waals surface area contributed by atoms with Gasteiger partial charge in [0.1, 0.15) is 12.4 Å². The molecule has 5 rings (SSSR count). The van der Waals surface area contributed by atoms with Crippen molar-refractivity contribution < 1.29 is 4.74 Å². The van der Waals surface area contributed by atoms with Crippen LogP contribution in [0.4, 0.5) is 0 Å². The van der Waals surface area contributed by atoms with Gasteiger partial charge in [-0.3, -0.25) is 4.98 Å². The molecule has 2 aromatic heterocycles. The Morgan fingerprint density at radius 2 is 1.72 bits per heavy atom. The number of ether oxygens (including phenoxy) is 1. The Balaban J connectivity index is 1.14. The lowest BCUT2D eigenvalue weighted by Gasteiger charge is -2.25. The fraction of sp³-hybridized carbons (Fsp3) is 0.379. The predicted octanol–water partition coefficient (Wildman–Crippen LogP) is 4.88. The largest absolute Gasteiger partial charge is 0.487 e. The number of aromatic nitrogens is 5. The molecule has 0 aliphatic carbocycles. The summed E-state index contributed by atoms with van der Waals surface area (Å²) < 4.78 is 5.87. The van der Waals surface area contributed by atoms with Gasteiger partial charge in [0.2, 0.25) is 5.82 Å². The average Bonchev–Trinajstić information content (AvgIpc) is 3.57. The number of hydrogen-bond acceptors (Lipinski definition) is 6. The Hall–Kier alpha value is -3.58. The zero-order valence-corrected chi connectivity index (χ0v) is 21.1. The second-order valence-corrected chi connectivity index (χ2v) is 10.4. The molecule has 1 atom stereocenters. The zero-order valence-electron chi connectivity index (χ0n) is 21.1. The van der Waals surface area contributed by atoms with Gasteiger partial charge < -0.3 is 10.1 Å². The molecule has 2 aromatic carbocycles. The van der Waals surface area contributed by atoms with Crippen molar-refractivity contribution in [2.24, 2.45) is 5.41 Å². The lowest BCUT2D eigenvalue weighted by molar-refractivity contribution is 0.301. The molecule has 0 bridgehead atoms. The van der Waals surface area contributed by atoms with Crippen LogP contribution in [0.15, 0.2) is 72.9 Å². The summed E-state index contributed by atoms with van der Waals surface area (Å²) in [7, 11) is 0. The van der Waals surface area contributed by atoms with Crippen molar-refractivity contribution in [3.63, 3.8) is 0 Å². The minimum absolute atomic E-state index is 0.119. The molecule has 1 unspecified atom stereocenters. The van der Waals surface area contributed by atoms with Crippen molar-refractivity contribution in [3.05, 3.63) is 89.7 Å². The van der Waals surface area contributed by atoms with Crippen LogP contribution in [-0.4, -0.2) is 37.8 Å². The molecule has 7 nitrogen and oxygen atoms in total. The zero-order chi connectivity index (χ0) is 24.8. The van der Waals surface area contributed by atoms with E-state index in [1.165, 1.54) is 24.0 Å². The van der Waals surface area contributed by atoms with Gasteiger partial charge in [0.15, 0.2) is 0 Å². The normalized spacial score (nSPS) is 15.8. The van der Waals surface area contributed by atoms with Crippen LogP contribution in [0.2, 0.25) is 0 Å². The van der Waals surface area contributed by atoms with Crippen molar-refractivity contribution in [1.82, 2.24) is 30.5 Å². The van der Waals surface area contributed by atoms with Gasteiger partial charge >= 0.3 is 0 Å². The van der Waals surface area contributed by atoms with E-state index in [2.05, 4.69) is 76.0 Å². The van der Waals surface area contributed by atoms with E-state index in [4.69, 9.17) is 4.74 Å². The van der Waals surface area contributed by atoms with E-state index in [9.17, 15) is 0 Å². The molecule has 7 heteroatoms. The third-order valence-corrected chi connectivity index (χ3v) is 6.61. The monoisotopic (exact) mass is 482 g/mol. The third-order valence-electron chi connectivity index (χ3n) is 6.61. The van der Waals surface area contributed by atoms with E-state index in [0.29, 0.717) is 18.5 Å². The van der Waals surface area contributed by atoms with Crippen LogP contribution in [-0.2, 0) is 26.0 Å². The van der Waals surface area contributed by atoms with E-state index < -0.39 is 0 Å². The van der Waals surface area contributed by atoms with Gasteiger partial charge in [0.25, 0.3) is 0 Å². The summed E-state index contributed by atoms with van der Waals surface area (Å²) in [5, 5.41) is 16.6. The summed E-state index contributed by atoms with van der Waals surface area (Å²) in [5.74, 6) is 1.55. The summed E-state index contributed by atoms with van der Waals surface area (Å²) in [6.45, 7) is 6.96. The molecule has 0 spiro atoms. The number of rotatable bonds is 10. The number of nitrogens with one attached hydrogen (secondary N) is 1. The van der Waals surface area contributed by atoms with Crippen molar-refractivity contribution in [1.29, 1.82) is 0 Å². The molecule has 3 heterocycles. The number of hydrogen-bond donors (Lipinski definition) is 1. The maximum absolute atomic E-state index is 5.87. The highest BCUT2D eigenvalue weighted by molar-refractivity contribution is 5.54. The van der Waals surface area contributed by atoms with Crippen LogP contribution >= 0.6 is 0 Å². The smallest absolute Gasteiger partial charge is 0.204 e. The molecule has 1 saturated heterocycles. The maximum Gasteiger partial charge on any atom is 0.204 e. The van der Waals surface area contributed by atoms with Crippen LogP contribution in [0.1, 0.15) is 43.5 Å². The third kappa shape index (κ3) is 6.55. The van der Waals surface area contributed by atoms with Crippen LogP contribution in [0.25, 0.3) is 11.4 Å². The molecule has 1 N–H and O–H groups in total. The quantitative estimate of drug-likeness (QED) is 0.347. The fourth-order valence-electron chi connectivity index (χ4n) is 4.83. The first kappa shape index (κ1) is 24.1.